The van der Waals surface area contributed by atoms with E-state index in [2.05, 4.69) is 14.9 Å². The molecule has 0 saturated carbocycles. The molecule has 1 amide bonds. The first-order chi connectivity index (χ1) is 8.20. The van der Waals surface area contributed by atoms with Crippen molar-refractivity contribution in [1.82, 2.24) is 9.59 Å². The van der Waals surface area contributed by atoms with Crippen LogP contribution in [0.1, 0.15) is 22.3 Å². The Bertz CT molecular complexity index is 524. The summed E-state index contributed by atoms with van der Waals surface area (Å²) in [6.45, 7) is 1.94. The fraction of sp³-hybridized carbons (Fsp3) is 0.182. The van der Waals surface area contributed by atoms with Gasteiger partial charge in [0.2, 0.25) is 0 Å². The molecule has 2 rings (SSSR count). The van der Waals surface area contributed by atoms with E-state index in [9.17, 15) is 4.79 Å². The van der Waals surface area contributed by atoms with E-state index in [1.165, 1.54) is 0 Å². The molecule has 0 spiro atoms. The largest absolute Gasteiger partial charge is 0.321 e. The van der Waals surface area contributed by atoms with Crippen molar-refractivity contribution in [3.63, 3.8) is 0 Å². The highest BCUT2D eigenvalue weighted by molar-refractivity contribution is 7.08. The minimum Gasteiger partial charge on any atom is -0.321 e. The number of anilines is 1. The lowest BCUT2D eigenvalue weighted by Crippen LogP contribution is -2.12. The van der Waals surface area contributed by atoms with Gasteiger partial charge in [-0.25, -0.2) is 0 Å². The van der Waals surface area contributed by atoms with Gasteiger partial charge in [0.1, 0.15) is 4.88 Å². The number of halogens is 1. The molecule has 1 aromatic heterocycles. The van der Waals surface area contributed by atoms with Gasteiger partial charge in [-0.15, -0.1) is 5.10 Å². The summed E-state index contributed by atoms with van der Waals surface area (Å²) in [4.78, 5) is 12.5. The number of nitrogens with one attached hydrogen (secondary N) is 1. The second-order valence-electron chi connectivity index (χ2n) is 3.36. The van der Waals surface area contributed by atoms with Crippen LogP contribution in [0.4, 0.5) is 5.69 Å². The number of hydrogen-bond acceptors (Lipinski definition) is 4. The molecule has 0 fully saturated rings. The van der Waals surface area contributed by atoms with Crippen LogP contribution in [0.3, 0.4) is 0 Å². The maximum Gasteiger partial charge on any atom is 0.269 e. The summed E-state index contributed by atoms with van der Waals surface area (Å²) in [6.07, 6.45) is 0.694. The van der Waals surface area contributed by atoms with Crippen LogP contribution in [-0.4, -0.2) is 15.5 Å². The summed E-state index contributed by atoms with van der Waals surface area (Å²) in [5, 5.41) is 7.31. The third kappa shape index (κ3) is 2.81. The molecule has 0 aliphatic heterocycles. The molecule has 17 heavy (non-hydrogen) atoms. The van der Waals surface area contributed by atoms with E-state index in [0.29, 0.717) is 22.0 Å². The van der Waals surface area contributed by atoms with Crippen LogP contribution >= 0.6 is 23.1 Å². The zero-order chi connectivity index (χ0) is 12.3. The highest BCUT2D eigenvalue weighted by Gasteiger charge is 2.14. The van der Waals surface area contributed by atoms with Crippen LogP contribution in [-0.2, 0) is 6.42 Å². The van der Waals surface area contributed by atoms with Crippen molar-refractivity contribution in [2.75, 3.05) is 5.32 Å². The number of nitrogens with zero attached hydrogens (tertiary/aromatic N) is 2. The Morgan fingerprint density at radius 3 is 2.76 bits per heavy atom. The molecule has 0 radical (unpaired) electrons. The van der Waals surface area contributed by atoms with Gasteiger partial charge < -0.3 is 5.32 Å². The van der Waals surface area contributed by atoms with Crippen LogP contribution in [0.5, 0.6) is 0 Å². The molecule has 88 valence electrons. The van der Waals surface area contributed by atoms with Crippen molar-refractivity contribution in [2.24, 2.45) is 0 Å². The molecular formula is C11H10ClN3OS. The van der Waals surface area contributed by atoms with Crippen molar-refractivity contribution >= 4 is 34.7 Å². The van der Waals surface area contributed by atoms with Crippen LogP contribution in [0.2, 0.25) is 5.02 Å². The zero-order valence-corrected chi connectivity index (χ0v) is 10.7. The molecule has 0 saturated heterocycles. The Labute approximate surface area is 108 Å². The minimum absolute atomic E-state index is 0.181. The van der Waals surface area contributed by atoms with Gasteiger partial charge in [0.25, 0.3) is 5.91 Å². The van der Waals surface area contributed by atoms with Crippen LogP contribution in [0.25, 0.3) is 0 Å². The van der Waals surface area contributed by atoms with Crippen LogP contribution < -0.4 is 5.32 Å². The topological polar surface area (TPSA) is 54.9 Å². The zero-order valence-electron chi connectivity index (χ0n) is 9.11. The van der Waals surface area contributed by atoms with Crippen molar-refractivity contribution in [3.05, 3.63) is 39.9 Å². The number of carbonyl (C=O) groups excluding carboxylic acids is 1. The van der Waals surface area contributed by atoms with Gasteiger partial charge in [-0.2, -0.15) is 0 Å². The lowest BCUT2D eigenvalue weighted by Gasteiger charge is -2.03. The van der Waals surface area contributed by atoms with Gasteiger partial charge in [-0.05, 0) is 42.2 Å². The number of aromatic nitrogens is 2. The Morgan fingerprint density at radius 1 is 1.41 bits per heavy atom. The smallest absolute Gasteiger partial charge is 0.269 e. The molecule has 2 aromatic rings. The van der Waals surface area contributed by atoms with E-state index in [4.69, 9.17) is 11.6 Å². The van der Waals surface area contributed by atoms with Crippen molar-refractivity contribution in [2.45, 2.75) is 13.3 Å². The lowest BCUT2D eigenvalue weighted by atomic mass is 10.2. The Balaban J connectivity index is 2.14. The summed E-state index contributed by atoms with van der Waals surface area (Å²) in [5.74, 6) is -0.181. The predicted octanol–water partition coefficient (Wildman–Crippen LogP) is 3.01. The number of aryl methyl sites for hydroxylation is 1. The van der Waals surface area contributed by atoms with E-state index in [1.54, 1.807) is 24.3 Å². The molecule has 1 N–H and O–H groups in total. The maximum atomic E-state index is 11.9. The van der Waals surface area contributed by atoms with E-state index >= 15 is 0 Å². The Kier molecular flexibility index (Phi) is 3.71. The molecule has 0 aliphatic carbocycles. The maximum absolute atomic E-state index is 11.9. The standard InChI is InChI=1S/C11H10ClN3OS/c1-2-9-10(17-15-14-9)11(16)13-8-5-3-7(12)4-6-8/h3-6H,2H2,1H3,(H,13,16). The van der Waals surface area contributed by atoms with Gasteiger partial charge in [0, 0.05) is 10.7 Å². The summed E-state index contributed by atoms with van der Waals surface area (Å²) in [6, 6.07) is 6.95. The summed E-state index contributed by atoms with van der Waals surface area (Å²) in [7, 11) is 0. The molecule has 1 aromatic carbocycles. The lowest BCUT2D eigenvalue weighted by molar-refractivity contribution is 0.102. The average Bonchev–Trinajstić information content (AvgIpc) is 2.80. The van der Waals surface area contributed by atoms with Crippen molar-refractivity contribution in [3.8, 4) is 0 Å². The monoisotopic (exact) mass is 267 g/mol. The molecule has 0 atom stereocenters. The average molecular weight is 268 g/mol. The summed E-state index contributed by atoms with van der Waals surface area (Å²) >= 11 is 6.87. The number of rotatable bonds is 3. The molecule has 0 aliphatic rings. The van der Waals surface area contributed by atoms with Crippen molar-refractivity contribution in [1.29, 1.82) is 0 Å². The fourth-order valence-electron chi connectivity index (χ4n) is 1.33. The van der Waals surface area contributed by atoms with Gasteiger partial charge >= 0.3 is 0 Å². The second kappa shape index (κ2) is 5.25. The van der Waals surface area contributed by atoms with E-state index in [-0.39, 0.29) is 5.91 Å². The van der Waals surface area contributed by atoms with E-state index in [1.807, 2.05) is 6.92 Å². The first-order valence-electron chi connectivity index (χ1n) is 5.09. The third-order valence-electron chi connectivity index (χ3n) is 2.20. The number of benzene rings is 1. The van der Waals surface area contributed by atoms with E-state index < -0.39 is 0 Å². The van der Waals surface area contributed by atoms with Gasteiger partial charge in [-0.3, -0.25) is 4.79 Å². The van der Waals surface area contributed by atoms with Crippen LogP contribution in [0.15, 0.2) is 24.3 Å². The van der Waals surface area contributed by atoms with Gasteiger partial charge in [-0.1, -0.05) is 23.0 Å². The number of amides is 1. The predicted molar refractivity (Wildman–Crippen MR) is 68.7 cm³/mol. The quantitative estimate of drug-likeness (QED) is 0.930. The molecule has 0 unspecified atom stereocenters. The highest BCUT2D eigenvalue weighted by Crippen LogP contribution is 2.17. The summed E-state index contributed by atoms with van der Waals surface area (Å²) in [5.41, 5.74) is 1.43. The minimum atomic E-state index is -0.181. The van der Waals surface area contributed by atoms with Gasteiger partial charge in [0.15, 0.2) is 0 Å². The Morgan fingerprint density at radius 2 is 2.12 bits per heavy atom. The molecule has 0 bridgehead atoms. The molecule has 6 heteroatoms. The Hall–Kier alpha value is -1.46. The van der Waals surface area contributed by atoms with Crippen molar-refractivity contribution < 1.29 is 4.79 Å². The van der Waals surface area contributed by atoms with Crippen LogP contribution in [0, 0.1) is 0 Å². The molecule has 1 heterocycles. The second-order valence-corrected chi connectivity index (χ2v) is 4.55. The third-order valence-corrected chi connectivity index (χ3v) is 3.22. The normalized spacial score (nSPS) is 10.2. The SMILES string of the molecule is CCc1nnsc1C(=O)Nc1ccc(Cl)cc1. The summed E-state index contributed by atoms with van der Waals surface area (Å²) < 4.78 is 3.78. The van der Waals surface area contributed by atoms with Gasteiger partial charge in [0.05, 0.1) is 5.69 Å². The molecule has 4 nitrogen and oxygen atoms in total. The number of carbonyl (C=O) groups is 1. The first-order valence-corrected chi connectivity index (χ1v) is 6.24. The highest BCUT2D eigenvalue weighted by atomic mass is 35.5. The first kappa shape index (κ1) is 12.0. The van der Waals surface area contributed by atoms with E-state index in [0.717, 1.165) is 17.2 Å². The molecular weight excluding hydrogens is 258 g/mol. The fourth-order valence-corrected chi connectivity index (χ4v) is 2.10. The number of hydrogen-bond donors (Lipinski definition) is 1.